The molecule has 1 aromatic heterocycles. The van der Waals surface area contributed by atoms with Crippen molar-refractivity contribution < 1.29 is 9.21 Å². The van der Waals surface area contributed by atoms with E-state index in [-0.39, 0.29) is 21.5 Å². The van der Waals surface area contributed by atoms with Gasteiger partial charge in [0.25, 0.3) is 5.91 Å². The van der Waals surface area contributed by atoms with Crippen LogP contribution in [0.5, 0.6) is 0 Å². The Labute approximate surface area is 161 Å². The zero-order valence-corrected chi connectivity index (χ0v) is 15.6. The number of amides is 1. The first-order valence-electron chi connectivity index (χ1n) is 6.00. The summed E-state index contributed by atoms with van der Waals surface area (Å²) in [5.74, 6) is -0.528. The number of anilines is 1. The molecule has 2 rings (SSSR count). The molecule has 0 fully saturated rings. The molecular weight excluding hydrogens is 429 g/mol. The van der Waals surface area contributed by atoms with Crippen LogP contribution in [-0.2, 0) is 0 Å². The van der Waals surface area contributed by atoms with Crippen LogP contribution >= 0.6 is 69.6 Å². The molecule has 2 aromatic rings. The van der Waals surface area contributed by atoms with Gasteiger partial charge >= 0.3 is 0 Å². The van der Waals surface area contributed by atoms with E-state index >= 15 is 0 Å². The summed E-state index contributed by atoms with van der Waals surface area (Å²) in [4.78, 5) is 12.1. The predicted molar refractivity (Wildman–Crippen MR) is 95.3 cm³/mol. The fourth-order valence-corrected chi connectivity index (χ4v) is 2.89. The highest BCUT2D eigenvalue weighted by Gasteiger charge is 2.35. The van der Waals surface area contributed by atoms with Gasteiger partial charge in [-0.2, -0.15) is 0 Å². The summed E-state index contributed by atoms with van der Waals surface area (Å²) in [6, 6.07) is 5.94. The first-order valence-corrected chi connectivity index (χ1v) is 8.27. The molecule has 1 heterocycles. The number of carbonyl (C=O) groups is 1. The maximum absolute atomic E-state index is 12.1. The fraction of sp³-hybridized carbons (Fsp3) is 0.154. The average molecular weight is 437 g/mol. The van der Waals surface area contributed by atoms with E-state index in [0.29, 0.717) is 5.02 Å². The van der Waals surface area contributed by atoms with Crippen molar-refractivity contribution in [1.29, 1.82) is 0 Å². The lowest BCUT2D eigenvalue weighted by molar-refractivity contribution is 0.0914. The van der Waals surface area contributed by atoms with Gasteiger partial charge in [-0.15, -0.1) is 0 Å². The van der Waals surface area contributed by atoms with E-state index in [2.05, 4.69) is 10.6 Å². The normalized spacial score (nSPS) is 12.8. The Morgan fingerprint density at radius 2 is 1.74 bits per heavy atom. The third-order valence-electron chi connectivity index (χ3n) is 2.64. The van der Waals surface area contributed by atoms with Gasteiger partial charge in [0.15, 0.2) is 5.76 Å². The summed E-state index contributed by atoms with van der Waals surface area (Å²) in [5.41, 5.74) is 0.258. The number of nitrogens with one attached hydrogen (secondary N) is 2. The first-order chi connectivity index (χ1) is 10.7. The van der Waals surface area contributed by atoms with E-state index in [4.69, 9.17) is 74.0 Å². The molecular formula is C13H8Cl6N2O2. The molecule has 0 bridgehead atoms. The van der Waals surface area contributed by atoms with Gasteiger partial charge in [0, 0.05) is 5.02 Å². The van der Waals surface area contributed by atoms with E-state index in [1.54, 1.807) is 6.07 Å². The molecule has 1 unspecified atom stereocenters. The van der Waals surface area contributed by atoms with Gasteiger partial charge in [0.05, 0.1) is 22.0 Å². The molecule has 1 aromatic carbocycles. The Bertz CT molecular complexity index is 676. The standard InChI is InChI=1S/C13H8Cl6N2O2/c14-6-4-7(15)10(8(16)5-6)20-12(13(17,18)19)21-11(22)9-2-1-3-23-9/h1-5,12,20H,(H,21,22). The molecule has 0 aliphatic carbocycles. The average Bonchev–Trinajstić information content (AvgIpc) is 2.93. The number of furan rings is 1. The van der Waals surface area contributed by atoms with E-state index < -0.39 is 15.9 Å². The third-order valence-corrected chi connectivity index (χ3v) is 4.11. The molecule has 0 saturated heterocycles. The van der Waals surface area contributed by atoms with Crippen molar-refractivity contribution in [3.05, 3.63) is 51.4 Å². The van der Waals surface area contributed by atoms with Crippen molar-refractivity contribution in [3.8, 4) is 0 Å². The second-order valence-electron chi connectivity index (χ2n) is 4.31. The van der Waals surface area contributed by atoms with Crippen molar-refractivity contribution in [2.45, 2.75) is 9.96 Å². The smallest absolute Gasteiger partial charge is 0.288 e. The number of carbonyl (C=O) groups excluding carboxylic acids is 1. The summed E-state index contributed by atoms with van der Waals surface area (Å²) < 4.78 is 3.09. The number of benzene rings is 1. The predicted octanol–water partition coefficient (Wildman–Crippen LogP) is 5.78. The molecule has 2 N–H and O–H groups in total. The lowest BCUT2D eigenvalue weighted by atomic mass is 10.3. The number of rotatable bonds is 4. The molecule has 1 atom stereocenters. The molecule has 1 amide bonds. The van der Waals surface area contributed by atoms with E-state index in [1.807, 2.05) is 0 Å². The van der Waals surface area contributed by atoms with Crippen molar-refractivity contribution >= 4 is 81.2 Å². The van der Waals surface area contributed by atoms with Crippen LogP contribution in [0.1, 0.15) is 10.6 Å². The Morgan fingerprint density at radius 3 is 2.22 bits per heavy atom. The zero-order valence-electron chi connectivity index (χ0n) is 11.0. The van der Waals surface area contributed by atoms with Crippen LogP contribution in [0.2, 0.25) is 15.1 Å². The third kappa shape index (κ3) is 4.99. The lowest BCUT2D eigenvalue weighted by Gasteiger charge is -2.28. The minimum absolute atomic E-state index is 0.0550. The summed E-state index contributed by atoms with van der Waals surface area (Å²) in [6.07, 6.45) is 0.209. The number of alkyl halides is 3. The van der Waals surface area contributed by atoms with Gasteiger partial charge in [-0.05, 0) is 24.3 Å². The monoisotopic (exact) mass is 434 g/mol. The minimum atomic E-state index is -1.89. The minimum Gasteiger partial charge on any atom is -0.459 e. The number of hydrogen-bond donors (Lipinski definition) is 2. The van der Waals surface area contributed by atoms with Crippen LogP contribution in [0.15, 0.2) is 34.9 Å². The van der Waals surface area contributed by atoms with Crippen molar-refractivity contribution in [1.82, 2.24) is 5.32 Å². The number of halogens is 6. The molecule has 0 saturated carbocycles. The second kappa shape index (κ2) is 7.60. The van der Waals surface area contributed by atoms with E-state index in [9.17, 15) is 4.79 Å². The van der Waals surface area contributed by atoms with Gasteiger partial charge in [0.2, 0.25) is 3.79 Å². The molecule has 23 heavy (non-hydrogen) atoms. The fourth-order valence-electron chi connectivity index (χ4n) is 1.63. The van der Waals surface area contributed by atoms with Gasteiger partial charge in [-0.25, -0.2) is 0 Å². The molecule has 0 radical (unpaired) electrons. The van der Waals surface area contributed by atoms with Crippen LogP contribution in [0.4, 0.5) is 5.69 Å². The highest BCUT2D eigenvalue weighted by atomic mass is 35.6. The van der Waals surface area contributed by atoms with Crippen LogP contribution < -0.4 is 10.6 Å². The van der Waals surface area contributed by atoms with Crippen LogP contribution in [0, 0.1) is 0 Å². The van der Waals surface area contributed by atoms with Crippen molar-refractivity contribution in [2.75, 3.05) is 5.32 Å². The van der Waals surface area contributed by atoms with Crippen LogP contribution in [0.25, 0.3) is 0 Å². The van der Waals surface area contributed by atoms with Crippen LogP contribution in [0.3, 0.4) is 0 Å². The summed E-state index contributed by atoms with van der Waals surface area (Å²) >= 11 is 35.7. The molecule has 124 valence electrons. The van der Waals surface area contributed by atoms with E-state index in [1.165, 1.54) is 24.5 Å². The Balaban J connectivity index is 2.25. The lowest BCUT2D eigenvalue weighted by Crippen LogP contribution is -2.49. The molecule has 0 aliphatic heterocycles. The maximum atomic E-state index is 12.1. The summed E-state index contributed by atoms with van der Waals surface area (Å²) in [5, 5.41) is 6.02. The maximum Gasteiger partial charge on any atom is 0.288 e. The summed E-state index contributed by atoms with van der Waals surface area (Å²) in [7, 11) is 0. The first kappa shape index (κ1) is 18.8. The molecule has 10 heteroatoms. The topological polar surface area (TPSA) is 54.3 Å². The molecule has 4 nitrogen and oxygen atoms in total. The van der Waals surface area contributed by atoms with Gasteiger partial charge in [0.1, 0.15) is 6.17 Å². The molecule has 0 spiro atoms. The highest BCUT2D eigenvalue weighted by Crippen LogP contribution is 2.37. The van der Waals surface area contributed by atoms with Gasteiger partial charge < -0.3 is 15.1 Å². The molecule has 0 aliphatic rings. The zero-order chi connectivity index (χ0) is 17.2. The quantitative estimate of drug-likeness (QED) is 0.472. The number of hydrogen-bond acceptors (Lipinski definition) is 3. The van der Waals surface area contributed by atoms with Crippen molar-refractivity contribution in [3.63, 3.8) is 0 Å². The Hall–Kier alpha value is -0.490. The Morgan fingerprint density at radius 1 is 1.13 bits per heavy atom. The van der Waals surface area contributed by atoms with Crippen LogP contribution in [-0.4, -0.2) is 15.9 Å². The Kier molecular flexibility index (Phi) is 6.22. The van der Waals surface area contributed by atoms with E-state index in [0.717, 1.165) is 0 Å². The van der Waals surface area contributed by atoms with Crippen molar-refractivity contribution in [2.24, 2.45) is 0 Å². The highest BCUT2D eigenvalue weighted by molar-refractivity contribution is 6.68. The SMILES string of the molecule is O=C(NC(Nc1c(Cl)cc(Cl)cc1Cl)C(Cl)(Cl)Cl)c1ccco1. The van der Waals surface area contributed by atoms with Gasteiger partial charge in [-0.1, -0.05) is 69.6 Å². The second-order valence-corrected chi connectivity index (χ2v) is 7.93. The summed E-state index contributed by atoms with van der Waals surface area (Å²) in [6.45, 7) is 0. The van der Waals surface area contributed by atoms with Gasteiger partial charge in [-0.3, -0.25) is 4.79 Å². The largest absolute Gasteiger partial charge is 0.459 e.